The second kappa shape index (κ2) is 3.66. The van der Waals surface area contributed by atoms with Crippen molar-refractivity contribution in [2.45, 2.75) is 0 Å². The maximum absolute atomic E-state index is 10.5. The lowest BCUT2D eigenvalue weighted by Crippen LogP contribution is -2.51. The number of hydrogen-bond donors (Lipinski definition) is 2. The van der Waals surface area contributed by atoms with E-state index in [9.17, 15) is 4.79 Å². The molecule has 0 spiro atoms. The van der Waals surface area contributed by atoms with E-state index in [0.29, 0.717) is 6.54 Å². The standard InChI is InChI=1S/C6H14N4O/c7-6(11)5-9-1-3-10(8)4-2-9/h1-5,8H2,(H2,7,11). The van der Waals surface area contributed by atoms with E-state index >= 15 is 0 Å². The highest BCUT2D eigenvalue weighted by atomic mass is 16.1. The van der Waals surface area contributed by atoms with Gasteiger partial charge in [-0.2, -0.15) is 0 Å². The summed E-state index contributed by atoms with van der Waals surface area (Å²) in [5.41, 5.74) is 5.03. The average Bonchev–Trinajstić information content (AvgIpc) is 1.93. The van der Waals surface area contributed by atoms with Crippen molar-refractivity contribution in [3.05, 3.63) is 0 Å². The molecule has 0 unspecified atom stereocenters. The van der Waals surface area contributed by atoms with Crippen LogP contribution >= 0.6 is 0 Å². The second-order valence-corrected chi connectivity index (χ2v) is 2.78. The zero-order valence-corrected chi connectivity index (χ0v) is 6.49. The third kappa shape index (κ3) is 2.83. The molecule has 0 bridgehead atoms. The topological polar surface area (TPSA) is 75.6 Å². The molecule has 0 saturated carbocycles. The molecule has 4 N–H and O–H groups in total. The van der Waals surface area contributed by atoms with Crippen molar-refractivity contribution in [1.82, 2.24) is 9.91 Å². The Bertz CT molecular complexity index is 142. The molecule has 0 atom stereocenters. The van der Waals surface area contributed by atoms with Crippen molar-refractivity contribution in [3.63, 3.8) is 0 Å². The number of amides is 1. The number of piperazine rings is 1. The Morgan fingerprint density at radius 1 is 1.27 bits per heavy atom. The highest BCUT2D eigenvalue weighted by Crippen LogP contribution is 1.95. The molecule has 1 heterocycles. The van der Waals surface area contributed by atoms with Gasteiger partial charge in [-0.1, -0.05) is 0 Å². The Balaban J connectivity index is 2.22. The smallest absolute Gasteiger partial charge is 0.231 e. The van der Waals surface area contributed by atoms with Gasteiger partial charge in [0.2, 0.25) is 5.91 Å². The third-order valence-corrected chi connectivity index (χ3v) is 1.79. The first-order valence-corrected chi connectivity index (χ1v) is 3.69. The van der Waals surface area contributed by atoms with Gasteiger partial charge in [0.15, 0.2) is 0 Å². The maximum Gasteiger partial charge on any atom is 0.231 e. The van der Waals surface area contributed by atoms with Crippen LogP contribution in [0, 0.1) is 0 Å². The Labute approximate surface area is 65.9 Å². The average molecular weight is 158 g/mol. The lowest BCUT2D eigenvalue weighted by Gasteiger charge is -2.30. The van der Waals surface area contributed by atoms with Crippen LogP contribution < -0.4 is 11.6 Å². The van der Waals surface area contributed by atoms with Gasteiger partial charge in [0.25, 0.3) is 0 Å². The fourth-order valence-electron chi connectivity index (χ4n) is 1.14. The van der Waals surface area contributed by atoms with E-state index in [1.165, 1.54) is 0 Å². The summed E-state index contributed by atoms with van der Waals surface area (Å²) in [4.78, 5) is 12.5. The molecule has 0 aromatic rings. The second-order valence-electron chi connectivity index (χ2n) is 2.78. The molecule has 1 aliphatic rings. The minimum Gasteiger partial charge on any atom is -0.369 e. The van der Waals surface area contributed by atoms with Crippen molar-refractivity contribution in [1.29, 1.82) is 0 Å². The molecule has 1 rings (SSSR count). The first-order chi connectivity index (χ1) is 5.18. The van der Waals surface area contributed by atoms with Crippen molar-refractivity contribution >= 4 is 5.91 Å². The fraction of sp³-hybridized carbons (Fsp3) is 0.833. The summed E-state index contributed by atoms with van der Waals surface area (Å²) in [6.45, 7) is 3.65. The van der Waals surface area contributed by atoms with Gasteiger partial charge in [-0.3, -0.25) is 15.5 Å². The largest absolute Gasteiger partial charge is 0.369 e. The van der Waals surface area contributed by atoms with E-state index < -0.39 is 0 Å². The predicted molar refractivity (Wildman–Crippen MR) is 41.4 cm³/mol. The Morgan fingerprint density at radius 3 is 2.27 bits per heavy atom. The molecule has 0 aromatic heterocycles. The summed E-state index contributed by atoms with van der Waals surface area (Å²) in [7, 11) is 0. The molecule has 1 saturated heterocycles. The van der Waals surface area contributed by atoms with E-state index in [0.717, 1.165) is 26.2 Å². The normalized spacial score (nSPS) is 21.9. The Hall–Kier alpha value is -0.650. The van der Waals surface area contributed by atoms with Crippen LogP contribution in [0.4, 0.5) is 0 Å². The molecular formula is C6H14N4O. The summed E-state index contributed by atoms with van der Waals surface area (Å²) in [5.74, 6) is 5.25. The van der Waals surface area contributed by atoms with Gasteiger partial charge < -0.3 is 5.73 Å². The summed E-state index contributed by atoms with van der Waals surface area (Å²) in [5, 5.41) is 1.75. The summed E-state index contributed by atoms with van der Waals surface area (Å²) in [6, 6.07) is 0. The van der Waals surface area contributed by atoms with E-state index in [-0.39, 0.29) is 5.91 Å². The zero-order valence-electron chi connectivity index (χ0n) is 6.49. The number of nitrogens with two attached hydrogens (primary N) is 2. The van der Waals surface area contributed by atoms with Crippen LogP contribution in [-0.4, -0.2) is 48.5 Å². The molecule has 11 heavy (non-hydrogen) atoms. The van der Waals surface area contributed by atoms with Gasteiger partial charge >= 0.3 is 0 Å². The number of rotatable bonds is 2. The van der Waals surface area contributed by atoms with Gasteiger partial charge in [0, 0.05) is 26.2 Å². The SMILES string of the molecule is NC(=O)CN1CCN(N)CC1. The number of nitrogens with zero attached hydrogens (tertiary/aromatic N) is 2. The minimum absolute atomic E-state index is 0.268. The van der Waals surface area contributed by atoms with Gasteiger partial charge in [0.05, 0.1) is 6.54 Å². The highest BCUT2D eigenvalue weighted by Gasteiger charge is 2.14. The molecule has 0 radical (unpaired) electrons. The van der Waals surface area contributed by atoms with E-state index in [2.05, 4.69) is 0 Å². The van der Waals surface area contributed by atoms with Crippen LogP contribution in [0.3, 0.4) is 0 Å². The monoisotopic (exact) mass is 158 g/mol. The number of hydrazine groups is 1. The summed E-state index contributed by atoms with van der Waals surface area (Å²) < 4.78 is 0. The molecule has 64 valence electrons. The van der Waals surface area contributed by atoms with Crippen LogP contribution in [0.2, 0.25) is 0 Å². The number of hydrogen-bond acceptors (Lipinski definition) is 4. The molecule has 5 nitrogen and oxygen atoms in total. The van der Waals surface area contributed by atoms with Crippen LogP contribution in [-0.2, 0) is 4.79 Å². The molecule has 1 amide bonds. The van der Waals surface area contributed by atoms with E-state index in [4.69, 9.17) is 11.6 Å². The Morgan fingerprint density at radius 2 is 1.82 bits per heavy atom. The summed E-state index contributed by atoms with van der Waals surface area (Å²) >= 11 is 0. The first kappa shape index (κ1) is 8.45. The molecule has 1 aliphatic heterocycles. The number of carbonyl (C=O) groups is 1. The molecule has 1 fully saturated rings. The van der Waals surface area contributed by atoms with Gasteiger partial charge in [0.1, 0.15) is 0 Å². The number of primary amides is 1. The van der Waals surface area contributed by atoms with E-state index in [1.807, 2.05) is 4.90 Å². The lowest BCUT2D eigenvalue weighted by atomic mass is 10.3. The molecule has 5 heteroatoms. The van der Waals surface area contributed by atoms with Crippen molar-refractivity contribution < 1.29 is 4.79 Å². The lowest BCUT2D eigenvalue weighted by molar-refractivity contribution is -0.119. The van der Waals surface area contributed by atoms with E-state index in [1.54, 1.807) is 5.01 Å². The van der Waals surface area contributed by atoms with Crippen molar-refractivity contribution in [3.8, 4) is 0 Å². The van der Waals surface area contributed by atoms with Crippen LogP contribution in [0.25, 0.3) is 0 Å². The molecule has 0 aromatic carbocycles. The highest BCUT2D eigenvalue weighted by molar-refractivity contribution is 5.75. The fourth-order valence-corrected chi connectivity index (χ4v) is 1.14. The van der Waals surface area contributed by atoms with Crippen LogP contribution in [0.1, 0.15) is 0 Å². The van der Waals surface area contributed by atoms with Crippen molar-refractivity contribution in [2.75, 3.05) is 32.7 Å². The third-order valence-electron chi connectivity index (χ3n) is 1.79. The predicted octanol–water partition coefficient (Wildman–Crippen LogP) is -2.04. The Kier molecular flexibility index (Phi) is 2.81. The zero-order chi connectivity index (χ0) is 8.27. The quantitative estimate of drug-likeness (QED) is 0.454. The number of carbonyl (C=O) groups excluding carboxylic acids is 1. The van der Waals surface area contributed by atoms with Gasteiger partial charge in [-0.05, 0) is 0 Å². The summed E-state index contributed by atoms with van der Waals surface area (Å²) in [6.07, 6.45) is 0. The first-order valence-electron chi connectivity index (χ1n) is 3.69. The van der Waals surface area contributed by atoms with Gasteiger partial charge in [-0.15, -0.1) is 0 Å². The van der Waals surface area contributed by atoms with Crippen LogP contribution in [0.15, 0.2) is 0 Å². The molecular weight excluding hydrogens is 144 g/mol. The van der Waals surface area contributed by atoms with Crippen LogP contribution in [0.5, 0.6) is 0 Å². The molecule has 0 aliphatic carbocycles. The van der Waals surface area contributed by atoms with Crippen molar-refractivity contribution in [2.24, 2.45) is 11.6 Å². The minimum atomic E-state index is -0.268. The maximum atomic E-state index is 10.5. The van der Waals surface area contributed by atoms with Gasteiger partial charge in [-0.25, -0.2) is 5.01 Å².